The molecule has 0 aliphatic rings. The fraction of sp³-hybridized carbons (Fsp3) is 0.389. The van der Waals surface area contributed by atoms with E-state index in [1.165, 1.54) is 4.90 Å². The van der Waals surface area contributed by atoms with Crippen LogP contribution < -0.4 is 4.90 Å². The van der Waals surface area contributed by atoms with Crippen molar-refractivity contribution in [3.8, 4) is 0 Å². The minimum absolute atomic E-state index is 0.258. The van der Waals surface area contributed by atoms with Crippen LogP contribution in [0.3, 0.4) is 0 Å². The molecule has 1 aromatic heterocycles. The maximum Gasteiger partial charge on any atom is 0.329 e. The molecule has 5 nitrogen and oxygen atoms in total. The van der Waals surface area contributed by atoms with Gasteiger partial charge in [0.1, 0.15) is 6.04 Å². The molecule has 0 aliphatic carbocycles. The van der Waals surface area contributed by atoms with Crippen molar-refractivity contribution in [2.45, 2.75) is 33.2 Å². The van der Waals surface area contributed by atoms with Crippen LogP contribution in [0, 0.1) is 5.92 Å². The molecule has 0 fully saturated rings. The second-order valence-corrected chi connectivity index (χ2v) is 5.79. The molecule has 0 saturated carbocycles. The first-order valence-electron chi connectivity index (χ1n) is 7.81. The summed E-state index contributed by atoms with van der Waals surface area (Å²) in [4.78, 5) is 29.7. The molecule has 1 amide bonds. The Morgan fingerprint density at radius 1 is 1.35 bits per heavy atom. The van der Waals surface area contributed by atoms with E-state index in [4.69, 9.17) is 4.74 Å². The predicted octanol–water partition coefficient (Wildman–Crippen LogP) is 3.18. The number of hydrogen-bond donors (Lipinski definition) is 0. The fourth-order valence-corrected chi connectivity index (χ4v) is 2.55. The van der Waals surface area contributed by atoms with Crippen LogP contribution in [0.15, 0.2) is 36.5 Å². The van der Waals surface area contributed by atoms with Crippen molar-refractivity contribution in [1.29, 1.82) is 0 Å². The first-order chi connectivity index (χ1) is 11.1. The van der Waals surface area contributed by atoms with Gasteiger partial charge in [-0.15, -0.1) is 0 Å². The normalized spacial score (nSPS) is 12.2. The Balaban J connectivity index is 2.39. The second kappa shape index (κ2) is 7.72. The number of rotatable bonds is 7. The number of carbonyl (C=O) groups excluding carboxylic acids is 2. The zero-order chi connectivity index (χ0) is 16.8. The topological polar surface area (TPSA) is 59.5 Å². The Hall–Kier alpha value is -2.43. The van der Waals surface area contributed by atoms with Crippen LogP contribution in [0.4, 0.5) is 5.69 Å². The van der Waals surface area contributed by atoms with E-state index in [0.29, 0.717) is 25.1 Å². The Labute approximate surface area is 136 Å². The number of nitrogens with zero attached hydrogens (tertiary/aromatic N) is 2. The third kappa shape index (κ3) is 4.06. The van der Waals surface area contributed by atoms with Crippen molar-refractivity contribution in [3.63, 3.8) is 0 Å². The molecule has 122 valence electrons. The van der Waals surface area contributed by atoms with Crippen molar-refractivity contribution in [1.82, 2.24) is 4.98 Å². The first kappa shape index (κ1) is 16.9. The molecule has 5 heteroatoms. The van der Waals surface area contributed by atoms with Gasteiger partial charge in [-0.1, -0.05) is 19.9 Å². The molecule has 2 aromatic rings. The Kier molecular flexibility index (Phi) is 5.68. The first-order valence-corrected chi connectivity index (χ1v) is 7.81. The van der Waals surface area contributed by atoms with E-state index >= 15 is 0 Å². The number of esters is 1. The lowest BCUT2D eigenvalue weighted by atomic mass is 10.0. The molecule has 0 bridgehead atoms. The lowest BCUT2D eigenvalue weighted by Crippen LogP contribution is -2.42. The van der Waals surface area contributed by atoms with Gasteiger partial charge in [0.15, 0.2) is 0 Å². The summed E-state index contributed by atoms with van der Waals surface area (Å²) in [6, 6.07) is 8.66. The van der Waals surface area contributed by atoms with Gasteiger partial charge in [0.2, 0.25) is 6.41 Å². The second-order valence-electron chi connectivity index (χ2n) is 5.79. The molecule has 0 spiro atoms. The van der Waals surface area contributed by atoms with Gasteiger partial charge >= 0.3 is 5.97 Å². The number of fused-ring (bicyclic) bond motifs is 1. The molecule has 0 radical (unpaired) electrons. The van der Waals surface area contributed by atoms with Crippen molar-refractivity contribution in [2.75, 3.05) is 11.5 Å². The van der Waals surface area contributed by atoms with Crippen molar-refractivity contribution < 1.29 is 14.3 Å². The molecule has 0 N–H and O–H groups in total. The van der Waals surface area contributed by atoms with Crippen LogP contribution >= 0.6 is 0 Å². The number of carbonyl (C=O) groups is 2. The number of ether oxygens (including phenoxy) is 1. The average molecular weight is 314 g/mol. The Bertz CT molecular complexity index is 685. The zero-order valence-corrected chi connectivity index (χ0v) is 13.7. The van der Waals surface area contributed by atoms with Crippen LogP contribution in [0.2, 0.25) is 0 Å². The number of hydrogen-bond acceptors (Lipinski definition) is 4. The lowest BCUT2D eigenvalue weighted by Gasteiger charge is -2.28. The SMILES string of the molecule is CCOC(=O)C(CC(C)C)N(C=O)c1ccc2ncccc2c1. The van der Waals surface area contributed by atoms with Gasteiger partial charge in [0, 0.05) is 17.3 Å². The van der Waals surface area contributed by atoms with E-state index in [9.17, 15) is 9.59 Å². The summed E-state index contributed by atoms with van der Waals surface area (Å²) in [6.45, 7) is 6.08. The molecule has 1 aromatic carbocycles. The van der Waals surface area contributed by atoms with Crippen LogP contribution in [0.25, 0.3) is 10.9 Å². The van der Waals surface area contributed by atoms with Gasteiger partial charge < -0.3 is 9.64 Å². The highest BCUT2D eigenvalue weighted by Crippen LogP contribution is 2.24. The summed E-state index contributed by atoms with van der Waals surface area (Å²) in [5, 5.41) is 0.920. The summed E-state index contributed by atoms with van der Waals surface area (Å²) >= 11 is 0. The predicted molar refractivity (Wildman–Crippen MR) is 90.2 cm³/mol. The smallest absolute Gasteiger partial charge is 0.329 e. The number of pyridine rings is 1. The Morgan fingerprint density at radius 3 is 2.78 bits per heavy atom. The van der Waals surface area contributed by atoms with Crippen LogP contribution in [-0.2, 0) is 14.3 Å². The molecule has 0 aliphatic heterocycles. The van der Waals surface area contributed by atoms with Crippen LogP contribution in [0.1, 0.15) is 27.2 Å². The van der Waals surface area contributed by atoms with Gasteiger partial charge in [0.25, 0.3) is 0 Å². The van der Waals surface area contributed by atoms with E-state index in [1.807, 2.05) is 38.1 Å². The number of amides is 1. The highest BCUT2D eigenvalue weighted by molar-refractivity contribution is 5.92. The van der Waals surface area contributed by atoms with Crippen molar-refractivity contribution in [2.24, 2.45) is 5.92 Å². The standard InChI is InChI=1S/C18H22N2O3/c1-4-23-18(22)17(10-13(2)3)20(12-21)15-7-8-16-14(11-15)6-5-9-19-16/h5-9,11-13,17H,4,10H2,1-3H3. The van der Waals surface area contributed by atoms with Gasteiger partial charge in [0.05, 0.1) is 12.1 Å². The van der Waals surface area contributed by atoms with Gasteiger partial charge in [-0.05, 0) is 43.5 Å². The Morgan fingerprint density at radius 2 is 2.13 bits per heavy atom. The fourth-order valence-electron chi connectivity index (χ4n) is 2.55. The average Bonchev–Trinajstić information content (AvgIpc) is 2.54. The monoisotopic (exact) mass is 314 g/mol. The largest absolute Gasteiger partial charge is 0.464 e. The molecule has 1 atom stereocenters. The minimum atomic E-state index is -0.624. The third-order valence-electron chi connectivity index (χ3n) is 3.59. The van der Waals surface area contributed by atoms with E-state index < -0.39 is 6.04 Å². The summed E-state index contributed by atoms with van der Waals surface area (Å²) in [6.07, 6.45) is 2.96. The van der Waals surface area contributed by atoms with Crippen molar-refractivity contribution >= 4 is 29.0 Å². The summed E-state index contributed by atoms with van der Waals surface area (Å²) in [5.41, 5.74) is 1.51. The quantitative estimate of drug-likeness (QED) is 0.582. The highest BCUT2D eigenvalue weighted by Gasteiger charge is 2.28. The van der Waals surface area contributed by atoms with E-state index in [1.54, 1.807) is 19.2 Å². The van der Waals surface area contributed by atoms with Gasteiger partial charge in [-0.2, -0.15) is 0 Å². The maximum absolute atomic E-state index is 12.3. The number of anilines is 1. The molecular weight excluding hydrogens is 292 g/mol. The van der Waals surface area contributed by atoms with Gasteiger partial charge in [-0.3, -0.25) is 9.78 Å². The molecule has 23 heavy (non-hydrogen) atoms. The van der Waals surface area contributed by atoms with Crippen molar-refractivity contribution in [3.05, 3.63) is 36.5 Å². The minimum Gasteiger partial charge on any atom is -0.464 e. The summed E-state index contributed by atoms with van der Waals surface area (Å²) < 4.78 is 5.14. The third-order valence-corrected chi connectivity index (χ3v) is 3.59. The molecule has 1 heterocycles. The molecular formula is C18H22N2O3. The number of benzene rings is 1. The van der Waals surface area contributed by atoms with E-state index in [0.717, 1.165) is 10.9 Å². The summed E-state index contributed by atoms with van der Waals surface area (Å²) in [7, 11) is 0. The zero-order valence-electron chi connectivity index (χ0n) is 13.7. The molecule has 0 saturated heterocycles. The van der Waals surface area contributed by atoms with E-state index in [-0.39, 0.29) is 11.9 Å². The number of aromatic nitrogens is 1. The van der Waals surface area contributed by atoms with Gasteiger partial charge in [-0.25, -0.2) is 4.79 Å². The van der Waals surface area contributed by atoms with Crippen LogP contribution in [0.5, 0.6) is 0 Å². The van der Waals surface area contributed by atoms with Crippen LogP contribution in [-0.4, -0.2) is 30.0 Å². The molecule has 1 unspecified atom stereocenters. The highest BCUT2D eigenvalue weighted by atomic mass is 16.5. The van der Waals surface area contributed by atoms with E-state index in [2.05, 4.69) is 4.98 Å². The maximum atomic E-state index is 12.3. The lowest BCUT2D eigenvalue weighted by molar-refractivity contribution is -0.145. The molecule has 2 rings (SSSR count). The summed E-state index contributed by atoms with van der Waals surface area (Å²) in [5.74, 6) is -0.117.